The minimum absolute atomic E-state index is 0.249. The molecular weight excluding hydrogens is 453 g/mol. The molecule has 0 heterocycles. The van der Waals surface area contributed by atoms with Crippen molar-refractivity contribution in [3.8, 4) is 5.75 Å². The van der Waals surface area contributed by atoms with Crippen molar-refractivity contribution in [1.82, 2.24) is 0 Å². The van der Waals surface area contributed by atoms with Crippen molar-refractivity contribution in [3.05, 3.63) is 100 Å². The van der Waals surface area contributed by atoms with E-state index in [1.165, 1.54) is 12.1 Å². The third kappa shape index (κ3) is 5.59. The molecule has 0 fully saturated rings. The number of hydrogen-bond donors (Lipinski definition) is 0. The average Bonchev–Trinajstić information content (AvgIpc) is 3.33. The zero-order valence-corrected chi connectivity index (χ0v) is 19.7. The summed E-state index contributed by atoms with van der Waals surface area (Å²) in [5, 5.41) is 0. The number of carbonyl (C=O) groups is 1. The molecule has 0 unspecified atom stereocenters. The number of alkyl halides is 3. The van der Waals surface area contributed by atoms with Crippen molar-refractivity contribution >= 4 is 17.1 Å². The largest absolute Gasteiger partial charge is 0.488 e. The van der Waals surface area contributed by atoms with Crippen LogP contribution in [0.25, 0.3) is 11.1 Å². The van der Waals surface area contributed by atoms with Crippen LogP contribution in [0.3, 0.4) is 0 Å². The van der Waals surface area contributed by atoms with Crippen molar-refractivity contribution in [3.63, 3.8) is 0 Å². The van der Waals surface area contributed by atoms with E-state index >= 15 is 0 Å². The van der Waals surface area contributed by atoms with Gasteiger partial charge in [-0.3, -0.25) is 0 Å². The Balaban J connectivity index is 1.79. The third-order valence-corrected chi connectivity index (χ3v) is 6.17. The van der Waals surface area contributed by atoms with Crippen molar-refractivity contribution in [1.29, 1.82) is 0 Å². The molecule has 6 heteroatoms. The molecule has 35 heavy (non-hydrogen) atoms. The third-order valence-electron chi connectivity index (χ3n) is 6.17. The fourth-order valence-electron chi connectivity index (χ4n) is 4.40. The predicted octanol–water partition coefficient (Wildman–Crippen LogP) is 7.86. The second-order valence-electron chi connectivity index (χ2n) is 8.54. The Hall–Kier alpha value is -3.54. The lowest BCUT2D eigenvalue weighted by Crippen LogP contribution is -2.08. The zero-order chi connectivity index (χ0) is 25.0. The Morgan fingerprint density at radius 2 is 1.69 bits per heavy atom. The molecule has 0 N–H and O–H groups in total. The molecule has 0 saturated heterocycles. The number of esters is 1. The van der Waals surface area contributed by atoms with Gasteiger partial charge in [-0.2, -0.15) is 13.2 Å². The first-order chi connectivity index (χ1) is 16.8. The lowest BCUT2D eigenvalue weighted by molar-refractivity contribution is -0.137. The van der Waals surface area contributed by atoms with E-state index < -0.39 is 17.7 Å². The van der Waals surface area contributed by atoms with Crippen LogP contribution in [0.4, 0.5) is 13.2 Å². The maximum absolute atomic E-state index is 13.6. The van der Waals surface area contributed by atoms with Crippen LogP contribution in [-0.4, -0.2) is 12.6 Å². The highest BCUT2D eigenvalue weighted by molar-refractivity contribution is 5.97. The van der Waals surface area contributed by atoms with Crippen LogP contribution >= 0.6 is 0 Å². The lowest BCUT2D eigenvalue weighted by atomic mass is 9.93. The maximum Gasteiger partial charge on any atom is 0.416 e. The average molecular weight is 481 g/mol. The summed E-state index contributed by atoms with van der Waals surface area (Å²) in [5.41, 5.74) is 4.48. The second kappa shape index (κ2) is 10.4. The van der Waals surface area contributed by atoms with E-state index in [4.69, 9.17) is 9.47 Å². The Labute approximate surface area is 203 Å². The smallest absolute Gasteiger partial charge is 0.416 e. The molecule has 3 aromatic rings. The summed E-state index contributed by atoms with van der Waals surface area (Å²) in [4.78, 5) is 12.4. The van der Waals surface area contributed by atoms with Crippen molar-refractivity contribution in [2.45, 2.75) is 45.9 Å². The number of benzene rings is 3. The summed E-state index contributed by atoms with van der Waals surface area (Å²) in [6.45, 7) is 4.10. The molecular formula is C29H27F3O3. The molecule has 0 bridgehead atoms. The number of halogens is 3. The van der Waals surface area contributed by atoms with Gasteiger partial charge in [0.15, 0.2) is 0 Å². The molecule has 4 rings (SSSR count). The van der Waals surface area contributed by atoms with Crippen LogP contribution in [0.15, 0.2) is 66.7 Å². The summed E-state index contributed by atoms with van der Waals surface area (Å²) < 4.78 is 52.0. The van der Waals surface area contributed by atoms with Gasteiger partial charge in [0, 0.05) is 5.56 Å². The van der Waals surface area contributed by atoms with Crippen molar-refractivity contribution in [2.75, 3.05) is 6.61 Å². The van der Waals surface area contributed by atoms with Gasteiger partial charge in [0.1, 0.15) is 12.4 Å². The molecule has 0 aromatic heterocycles. The summed E-state index contributed by atoms with van der Waals surface area (Å²) >= 11 is 0. The fraction of sp³-hybridized carbons (Fsp3) is 0.276. The topological polar surface area (TPSA) is 35.5 Å². The summed E-state index contributed by atoms with van der Waals surface area (Å²) in [7, 11) is 0. The van der Waals surface area contributed by atoms with E-state index in [0.717, 1.165) is 40.3 Å². The zero-order valence-electron chi connectivity index (χ0n) is 19.7. The van der Waals surface area contributed by atoms with E-state index in [0.29, 0.717) is 29.7 Å². The number of allylic oxidation sites excluding steroid dienone is 2. The molecule has 0 radical (unpaired) electrons. The first-order valence-corrected chi connectivity index (χ1v) is 11.7. The number of ether oxygens (including phenoxy) is 2. The maximum atomic E-state index is 13.6. The van der Waals surface area contributed by atoms with Gasteiger partial charge in [-0.05, 0) is 85.2 Å². The lowest BCUT2D eigenvalue weighted by Gasteiger charge is -2.17. The Morgan fingerprint density at radius 1 is 0.943 bits per heavy atom. The second-order valence-corrected chi connectivity index (χ2v) is 8.54. The monoisotopic (exact) mass is 480 g/mol. The van der Waals surface area contributed by atoms with Gasteiger partial charge in [0.2, 0.25) is 0 Å². The van der Waals surface area contributed by atoms with Crippen LogP contribution in [-0.2, 0) is 17.5 Å². The number of carbonyl (C=O) groups excluding carboxylic acids is 1. The molecule has 1 aliphatic carbocycles. The molecule has 3 nitrogen and oxygen atoms in total. The molecule has 0 saturated carbocycles. The highest BCUT2D eigenvalue weighted by Gasteiger charge is 2.32. The van der Waals surface area contributed by atoms with Crippen LogP contribution in [0.1, 0.15) is 64.4 Å². The Bertz CT molecular complexity index is 1240. The summed E-state index contributed by atoms with van der Waals surface area (Å²) in [6, 6.07) is 18.7. The van der Waals surface area contributed by atoms with Crippen LogP contribution in [0, 0.1) is 6.92 Å². The van der Waals surface area contributed by atoms with Crippen LogP contribution in [0.5, 0.6) is 5.75 Å². The standard InChI is InChI=1S/C29H27F3O3/c1-3-34-28(33)25-16-21(13-12-19(25)2)23-10-7-11-24(23)26-17-22(29(30,31)32)14-15-27(26)35-18-20-8-5-4-6-9-20/h4-6,8-9,12-17H,3,7,10-11,18H2,1-2H3. The molecule has 182 valence electrons. The Kier molecular flexibility index (Phi) is 7.29. The minimum Gasteiger partial charge on any atom is -0.488 e. The predicted molar refractivity (Wildman–Crippen MR) is 130 cm³/mol. The number of aryl methyl sites for hydroxylation is 1. The first-order valence-electron chi connectivity index (χ1n) is 11.7. The van der Waals surface area contributed by atoms with Gasteiger partial charge in [-0.25, -0.2) is 4.79 Å². The normalized spacial score (nSPS) is 13.7. The molecule has 0 aliphatic heterocycles. The van der Waals surface area contributed by atoms with E-state index in [1.54, 1.807) is 13.0 Å². The molecule has 0 atom stereocenters. The molecule has 1 aliphatic rings. The van der Waals surface area contributed by atoms with E-state index in [2.05, 4.69) is 0 Å². The number of rotatable bonds is 7. The molecule has 0 spiro atoms. The van der Waals surface area contributed by atoms with Gasteiger partial charge in [0.25, 0.3) is 0 Å². The fourth-order valence-corrected chi connectivity index (χ4v) is 4.40. The SMILES string of the molecule is CCOC(=O)c1cc(C2=C(c3cc(C(F)(F)F)ccc3OCc3ccccc3)CCC2)ccc1C. The van der Waals surface area contributed by atoms with E-state index in [9.17, 15) is 18.0 Å². The molecule has 3 aromatic carbocycles. The molecule has 0 amide bonds. The van der Waals surface area contributed by atoms with Crippen molar-refractivity contribution in [2.24, 2.45) is 0 Å². The minimum atomic E-state index is -4.47. The highest BCUT2D eigenvalue weighted by Crippen LogP contribution is 2.45. The van der Waals surface area contributed by atoms with E-state index in [1.807, 2.05) is 49.4 Å². The van der Waals surface area contributed by atoms with Crippen LogP contribution in [0.2, 0.25) is 0 Å². The van der Waals surface area contributed by atoms with Gasteiger partial charge >= 0.3 is 12.1 Å². The quantitative estimate of drug-likeness (QED) is 0.323. The first kappa shape index (κ1) is 24.6. The van der Waals surface area contributed by atoms with E-state index in [-0.39, 0.29) is 13.2 Å². The van der Waals surface area contributed by atoms with Gasteiger partial charge < -0.3 is 9.47 Å². The van der Waals surface area contributed by atoms with Gasteiger partial charge in [0.05, 0.1) is 17.7 Å². The van der Waals surface area contributed by atoms with Crippen molar-refractivity contribution < 1.29 is 27.4 Å². The summed E-state index contributed by atoms with van der Waals surface area (Å²) in [6.07, 6.45) is -2.33. The summed E-state index contributed by atoms with van der Waals surface area (Å²) in [5.74, 6) is 0.00642. The highest BCUT2D eigenvalue weighted by atomic mass is 19.4. The van der Waals surface area contributed by atoms with Crippen LogP contribution < -0.4 is 4.74 Å². The number of hydrogen-bond acceptors (Lipinski definition) is 3. The van der Waals surface area contributed by atoms with Gasteiger partial charge in [-0.1, -0.05) is 42.5 Å². The van der Waals surface area contributed by atoms with Gasteiger partial charge in [-0.15, -0.1) is 0 Å². The Morgan fingerprint density at radius 3 is 2.40 bits per heavy atom.